The highest BCUT2D eigenvalue weighted by Gasteiger charge is 2.24. The SMILES string of the molecule is COc1ccc(C(C)(C)C)cc1NC(=O)c1c(-c2ccccc2Cl)noc1C. The third-order valence-electron chi connectivity index (χ3n) is 4.53. The zero-order valence-corrected chi connectivity index (χ0v) is 17.3. The first kappa shape index (κ1) is 20.0. The predicted octanol–water partition coefficient (Wildman–Crippen LogP) is 5.86. The van der Waals surface area contributed by atoms with Crippen LogP contribution in [0.4, 0.5) is 5.69 Å². The van der Waals surface area contributed by atoms with Gasteiger partial charge in [0.2, 0.25) is 0 Å². The van der Waals surface area contributed by atoms with Gasteiger partial charge < -0.3 is 14.6 Å². The van der Waals surface area contributed by atoms with Gasteiger partial charge in [0.05, 0.1) is 17.8 Å². The molecule has 0 saturated carbocycles. The van der Waals surface area contributed by atoms with Crippen LogP contribution in [0.3, 0.4) is 0 Å². The first-order valence-corrected chi connectivity index (χ1v) is 9.31. The summed E-state index contributed by atoms with van der Waals surface area (Å²) in [4.78, 5) is 13.1. The minimum absolute atomic E-state index is 0.0679. The minimum atomic E-state index is -0.335. The number of anilines is 1. The highest BCUT2D eigenvalue weighted by atomic mass is 35.5. The van der Waals surface area contributed by atoms with Gasteiger partial charge >= 0.3 is 0 Å². The van der Waals surface area contributed by atoms with Crippen LogP contribution in [0.5, 0.6) is 5.75 Å². The summed E-state index contributed by atoms with van der Waals surface area (Å²) in [7, 11) is 1.57. The molecule has 146 valence electrons. The Hall–Kier alpha value is -2.79. The second-order valence-electron chi connectivity index (χ2n) is 7.56. The van der Waals surface area contributed by atoms with E-state index < -0.39 is 0 Å². The fraction of sp³-hybridized carbons (Fsp3) is 0.273. The maximum atomic E-state index is 13.1. The first-order valence-electron chi connectivity index (χ1n) is 8.93. The summed E-state index contributed by atoms with van der Waals surface area (Å²) in [6, 6.07) is 13.0. The zero-order chi connectivity index (χ0) is 20.5. The molecule has 0 unspecified atom stereocenters. The highest BCUT2D eigenvalue weighted by Crippen LogP contribution is 2.34. The largest absolute Gasteiger partial charge is 0.495 e. The van der Waals surface area contributed by atoms with Crippen molar-refractivity contribution >= 4 is 23.2 Å². The summed E-state index contributed by atoms with van der Waals surface area (Å²) in [5, 5.41) is 7.49. The summed E-state index contributed by atoms with van der Waals surface area (Å²) in [5.41, 5.74) is 2.99. The molecular weight excluding hydrogens is 376 g/mol. The van der Waals surface area contributed by atoms with Crippen LogP contribution in [0, 0.1) is 6.92 Å². The molecule has 0 fully saturated rings. The molecule has 5 nitrogen and oxygen atoms in total. The molecule has 1 heterocycles. The van der Waals surface area contributed by atoms with E-state index in [1.165, 1.54) is 0 Å². The van der Waals surface area contributed by atoms with Gasteiger partial charge in [-0.2, -0.15) is 0 Å². The number of amides is 1. The van der Waals surface area contributed by atoms with Crippen molar-refractivity contribution in [3.05, 3.63) is 64.4 Å². The molecular formula is C22H23ClN2O3. The first-order chi connectivity index (χ1) is 13.2. The lowest BCUT2D eigenvalue weighted by molar-refractivity contribution is 0.102. The van der Waals surface area contributed by atoms with E-state index in [-0.39, 0.29) is 11.3 Å². The Morgan fingerprint density at radius 3 is 2.54 bits per heavy atom. The van der Waals surface area contributed by atoms with Crippen LogP contribution in [-0.2, 0) is 5.41 Å². The molecule has 0 bridgehead atoms. The molecule has 0 aliphatic rings. The number of methoxy groups -OCH3 is 1. The smallest absolute Gasteiger partial charge is 0.261 e. The number of nitrogens with one attached hydrogen (secondary N) is 1. The van der Waals surface area contributed by atoms with E-state index in [0.29, 0.717) is 39.0 Å². The number of carbonyl (C=O) groups excluding carboxylic acids is 1. The van der Waals surface area contributed by atoms with Crippen molar-refractivity contribution < 1.29 is 14.1 Å². The van der Waals surface area contributed by atoms with E-state index >= 15 is 0 Å². The van der Waals surface area contributed by atoms with Gasteiger partial charge in [-0.3, -0.25) is 4.79 Å². The van der Waals surface area contributed by atoms with E-state index in [9.17, 15) is 4.79 Å². The van der Waals surface area contributed by atoms with Crippen molar-refractivity contribution in [3.63, 3.8) is 0 Å². The molecule has 0 spiro atoms. The average Bonchev–Trinajstić information content (AvgIpc) is 3.02. The summed E-state index contributed by atoms with van der Waals surface area (Å²) in [5.74, 6) is 0.658. The standard InChI is InChI=1S/C22H23ClN2O3/c1-13-19(20(25-28-13)15-8-6-7-9-16(15)23)21(26)24-17-12-14(22(2,3)4)10-11-18(17)27-5/h6-12H,1-5H3,(H,24,26). The third kappa shape index (κ3) is 3.90. The number of rotatable bonds is 4. The van der Waals surface area contributed by atoms with Crippen LogP contribution in [0.15, 0.2) is 47.0 Å². The molecule has 0 saturated heterocycles. The summed E-state index contributed by atoms with van der Waals surface area (Å²) < 4.78 is 10.7. The molecule has 0 radical (unpaired) electrons. The van der Waals surface area contributed by atoms with Gasteiger partial charge in [0.25, 0.3) is 5.91 Å². The van der Waals surface area contributed by atoms with Gasteiger partial charge in [0.1, 0.15) is 22.8 Å². The minimum Gasteiger partial charge on any atom is -0.495 e. The monoisotopic (exact) mass is 398 g/mol. The zero-order valence-electron chi connectivity index (χ0n) is 16.6. The molecule has 1 aromatic heterocycles. The van der Waals surface area contributed by atoms with E-state index in [2.05, 4.69) is 31.2 Å². The van der Waals surface area contributed by atoms with Crippen LogP contribution in [-0.4, -0.2) is 18.2 Å². The Morgan fingerprint density at radius 2 is 1.89 bits per heavy atom. The van der Waals surface area contributed by atoms with Crippen molar-refractivity contribution in [1.82, 2.24) is 5.16 Å². The summed E-state index contributed by atoms with van der Waals surface area (Å²) in [6.45, 7) is 8.03. The number of aryl methyl sites for hydroxylation is 1. The van der Waals surface area contributed by atoms with E-state index in [1.807, 2.05) is 30.3 Å². The Morgan fingerprint density at radius 1 is 1.18 bits per heavy atom. The Labute approximate surface area is 169 Å². The van der Waals surface area contributed by atoms with Gasteiger partial charge in [-0.15, -0.1) is 0 Å². The topological polar surface area (TPSA) is 64.4 Å². The van der Waals surface area contributed by atoms with Gasteiger partial charge in [-0.25, -0.2) is 0 Å². The average molecular weight is 399 g/mol. The summed E-state index contributed by atoms with van der Waals surface area (Å²) >= 11 is 6.29. The lowest BCUT2D eigenvalue weighted by Crippen LogP contribution is -2.16. The van der Waals surface area contributed by atoms with E-state index in [0.717, 1.165) is 5.56 Å². The summed E-state index contributed by atoms with van der Waals surface area (Å²) in [6.07, 6.45) is 0. The van der Waals surface area contributed by atoms with Gasteiger partial charge in [-0.05, 0) is 36.1 Å². The van der Waals surface area contributed by atoms with Crippen molar-refractivity contribution in [2.45, 2.75) is 33.1 Å². The van der Waals surface area contributed by atoms with Crippen LogP contribution < -0.4 is 10.1 Å². The lowest BCUT2D eigenvalue weighted by Gasteiger charge is -2.21. The molecule has 2 aromatic carbocycles. The van der Waals surface area contributed by atoms with Crippen LogP contribution in [0.1, 0.15) is 42.5 Å². The molecule has 1 amide bonds. The molecule has 6 heteroatoms. The van der Waals surface area contributed by atoms with Crippen molar-refractivity contribution in [2.24, 2.45) is 0 Å². The van der Waals surface area contributed by atoms with Crippen molar-refractivity contribution in [2.75, 3.05) is 12.4 Å². The fourth-order valence-corrected chi connectivity index (χ4v) is 3.16. The molecule has 0 aliphatic carbocycles. The second-order valence-corrected chi connectivity index (χ2v) is 7.97. The lowest BCUT2D eigenvalue weighted by atomic mass is 9.87. The van der Waals surface area contributed by atoms with Crippen molar-refractivity contribution in [1.29, 1.82) is 0 Å². The third-order valence-corrected chi connectivity index (χ3v) is 4.86. The van der Waals surface area contributed by atoms with Crippen molar-refractivity contribution in [3.8, 4) is 17.0 Å². The number of carbonyl (C=O) groups is 1. The maximum absolute atomic E-state index is 13.1. The quantitative estimate of drug-likeness (QED) is 0.597. The highest BCUT2D eigenvalue weighted by molar-refractivity contribution is 6.33. The molecule has 3 rings (SSSR count). The van der Waals surface area contributed by atoms with Crippen LogP contribution >= 0.6 is 11.6 Å². The Kier molecular flexibility index (Phi) is 5.47. The van der Waals surface area contributed by atoms with Gasteiger partial charge in [0.15, 0.2) is 0 Å². The van der Waals surface area contributed by atoms with Crippen LogP contribution in [0.2, 0.25) is 5.02 Å². The van der Waals surface area contributed by atoms with E-state index in [1.54, 1.807) is 26.2 Å². The Balaban J connectivity index is 2.02. The van der Waals surface area contributed by atoms with Gasteiger partial charge in [0, 0.05) is 5.56 Å². The predicted molar refractivity (Wildman–Crippen MR) is 111 cm³/mol. The number of nitrogens with zero attached hydrogens (tertiary/aromatic N) is 1. The normalized spacial score (nSPS) is 11.4. The molecule has 3 aromatic rings. The fourth-order valence-electron chi connectivity index (χ4n) is 2.93. The molecule has 0 aliphatic heterocycles. The Bertz CT molecular complexity index is 1020. The number of benzene rings is 2. The number of hydrogen-bond acceptors (Lipinski definition) is 4. The number of aromatic nitrogens is 1. The maximum Gasteiger partial charge on any atom is 0.261 e. The number of halogens is 1. The molecule has 28 heavy (non-hydrogen) atoms. The van der Waals surface area contributed by atoms with Gasteiger partial charge in [-0.1, -0.05) is 61.8 Å². The van der Waals surface area contributed by atoms with Crippen LogP contribution in [0.25, 0.3) is 11.3 Å². The molecule has 1 N–H and O–H groups in total. The molecule has 0 atom stereocenters. The number of ether oxygens (including phenoxy) is 1. The van der Waals surface area contributed by atoms with E-state index in [4.69, 9.17) is 20.9 Å². The number of hydrogen-bond donors (Lipinski definition) is 1. The second kappa shape index (κ2) is 7.68.